The number of methoxy groups -OCH3 is 2. The number of hydrogen-bond acceptors (Lipinski definition) is 7. The number of carbonyl (C=O) groups is 1. The quantitative estimate of drug-likeness (QED) is 0.645. The van der Waals surface area contributed by atoms with Crippen molar-refractivity contribution < 1.29 is 24.1 Å². The van der Waals surface area contributed by atoms with Crippen molar-refractivity contribution in [3.8, 4) is 5.75 Å². The van der Waals surface area contributed by atoms with Gasteiger partial charge in [-0.1, -0.05) is 23.4 Å². The zero-order valence-corrected chi connectivity index (χ0v) is 18.0. The Labute approximate surface area is 181 Å². The third-order valence-electron chi connectivity index (χ3n) is 6.37. The van der Waals surface area contributed by atoms with E-state index >= 15 is 0 Å². The maximum absolute atomic E-state index is 10.9. The summed E-state index contributed by atoms with van der Waals surface area (Å²) in [5, 5.41) is 17.5. The van der Waals surface area contributed by atoms with Gasteiger partial charge in [-0.15, -0.1) is 5.10 Å². The number of para-hydroxylation sites is 1. The van der Waals surface area contributed by atoms with Crippen LogP contribution in [0.15, 0.2) is 30.5 Å². The molecule has 2 aromatic rings. The normalized spacial score (nSPS) is 26.0. The summed E-state index contributed by atoms with van der Waals surface area (Å²) in [5.74, 6) is 0.787. The first-order chi connectivity index (χ1) is 15.1. The molecule has 9 heteroatoms. The number of benzene rings is 1. The number of rotatable bonds is 9. The van der Waals surface area contributed by atoms with Gasteiger partial charge in [0.1, 0.15) is 11.4 Å². The minimum atomic E-state index is -0.972. The van der Waals surface area contributed by atoms with Crippen LogP contribution < -0.4 is 4.74 Å². The van der Waals surface area contributed by atoms with Crippen molar-refractivity contribution in [2.24, 2.45) is 11.8 Å². The fourth-order valence-electron chi connectivity index (χ4n) is 4.99. The first-order valence-electron chi connectivity index (χ1n) is 10.6. The maximum Gasteiger partial charge on any atom is 0.341 e. The minimum absolute atomic E-state index is 0.101. The Morgan fingerprint density at radius 3 is 2.71 bits per heavy atom. The number of likely N-dealkylation sites (tertiary alicyclic amines) is 1. The zero-order chi connectivity index (χ0) is 21.8. The van der Waals surface area contributed by atoms with E-state index < -0.39 is 5.97 Å². The van der Waals surface area contributed by atoms with Crippen LogP contribution in [0.5, 0.6) is 5.75 Å². The Morgan fingerprint density at radius 1 is 1.19 bits per heavy atom. The highest BCUT2D eigenvalue weighted by molar-refractivity contribution is 5.68. The van der Waals surface area contributed by atoms with Crippen molar-refractivity contribution in [1.29, 1.82) is 0 Å². The van der Waals surface area contributed by atoms with E-state index in [0.717, 1.165) is 43.7 Å². The molecule has 1 saturated carbocycles. The van der Waals surface area contributed by atoms with Crippen LogP contribution in [0.25, 0.3) is 0 Å². The monoisotopic (exact) mass is 430 g/mol. The van der Waals surface area contributed by atoms with Gasteiger partial charge in [0.25, 0.3) is 0 Å². The number of nitrogens with zero attached hydrogens (tertiary/aromatic N) is 4. The molecule has 0 unspecified atom stereocenters. The number of carboxylic acid groups (broad SMARTS) is 1. The average molecular weight is 431 g/mol. The standard InChI is InChI=1S/C22H30N4O5/c1-29-13-18-12-26(24-23-18)19-7-16-10-25(11-17(16)8-21(19)30-2)9-15-5-3-4-6-20(15)31-14-22(27)28/h3-6,12,16-17,19,21H,7-11,13-14H2,1-2H3,(H,27,28)/t16-,17+,19-,21-/m1/s1. The number of ether oxygens (including phenoxy) is 3. The molecule has 1 aliphatic heterocycles. The molecule has 2 heterocycles. The molecular formula is C22H30N4O5. The fraction of sp³-hybridized carbons (Fsp3) is 0.591. The van der Waals surface area contributed by atoms with Gasteiger partial charge in [0.2, 0.25) is 0 Å². The Balaban J connectivity index is 1.42. The first-order valence-corrected chi connectivity index (χ1v) is 10.6. The van der Waals surface area contributed by atoms with Gasteiger partial charge in [0.15, 0.2) is 6.61 Å². The van der Waals surface area contributed by atoms with Gasteiger partial charge in [0.05, 0.1) is 24.9 Å². The summed E-state index contributed by atoms with van der Waals surface area (Å²) in [6, 6.07) is 7.84. The molecule has 4 atom stereocenters. The summed E-state index contributed by atoms with van der Waals surface area (Å²) in [6.45, 7) is 2.85. The molecule has 0 amide bonds. The molecule has 2 fully saturated rings. The Hall–Kier alpha value is -2.49. The van der Waals surface area contributed by atoms with Gasteiger partial charge >= 0.3 is 5.97 Å². The lowest BCUT2D eigenvalue weighted by atomic mass is 9.77. The summed E-state index contributed by atoms with van der Waals surface area (Å²) in [5.41, 5.74) is 1.84. The molecule has 0 bridgehead atoms. The second-order valence-electron chi connectivity index (χ2n) is 8.44. The molecule has 1 aromatic heterocycles. The summed E-state index contributed by atoms with van der Waals surface area (Å²) in [7, 11) is 3.42. The molecule has 0 spiro atoms. The molecule has 168 valence electrons. The van der Waals surface area contributed by atoms with Gasteiger partial charge in [0, 0.05) is 39.4 Å². The van der Waals surface area contributed by atoms with Crippen molar-refractivity contribution in [3.63, 3.8) is 0 Å². The lowest BCUT2D eigenvalue weighted by Crippen LogP contribution is -2.37. The van der Waals surface area contributed by atoms with E-state index in [1.165, 1.54) is 0 Å². The summed E-state index contributed by atoms with van der Waals surface area (Å²) < 4.78 is 18.4. The van der Waals surface area contributed by atoms with Crippen molar-refractivity contribution >= 4 is 5.97 Å². The molecule has 1 aliphatic carbocycles. The van der Waals surface area contributed by atoms with E-state index in [9.17, 15) is 4.79 Å². The van der Waals surface area contributed by atoms with Gasteiger partial charge in [-0.2, -0.15) is 0 Å². The number of fused-ring (bicyclic) bond motifs is 1. The van der Waals surface area contributed by atoms with Crippen molar-refractivity contribution in [1.82, 2.24) is 19.9 Å². The zero-order valence-electron chi connectivity index (χ0n) is 18.0. The predicted molar refractivity (Wildman–Crippen MR) is 112 cm³/mol. The predicted octanol–water partition coefficient (Wildman–Crippen LogP) is 1.99. The average Bonchev–Trinajstić information content (AvgIpc) is 3.38. The van der Waals surface area contributed by atoms with E-state index in [4.69, 9.17) is 19.3 Å². The molecule has 2 aliphatic rings. The van der Waals surface area contributed by atoms with Crippen molar-refractivity contribution in [2.45, 2.75) is 38.1 Å². The van der Waals surface area contributed by atoms with Crippen molar-refractivity contribution in [2.75, 3.05) is 33.9 Å². The largest absolute Gasteiger partial charge is 0.482 e. The minimum Gasteiger partial charge on any atom is -0.482 e. The number of carboxylic acids is 1. The van der Waals surface area contributed by atoms with Crippen LogP contribution in [0.1, 0.15) is 30.1 Å². The topological polar surface area (TPSA) is 98.9 Å². The van der Waals surface area contributed by atoms with Crippen LogP contribution in [0.3, 0.4) is 0 Å². The molecule has 1 aromatic carbocycles. The van der Waals surface area contributed by atoms with E-state index in [1.54, 1.807) is 14.2 Å². The van der Waals surface area contributed by atoms with Crippen LogP contribution in [0, 0.1) is 11.8 Å². The van der Waals surface area contributed by atoms with Gasteiger partial charge in [-0.25, -0.2) is 9.48 Å². The highest BCUT2D eigenvalue weighted by atomic mass is 16.5. The summed E-state index contributed by atoms with van der Waals surface area (Å²) in [6.07, 6.45) is 4.04. The van der Waals surface area contributed by atoms with Crippen LogP contribution in [-0.4, -0.2) is 71.0 Å². The Bertz CT molecular complexity index is 888. The lowest BCUT2D eigenvalue weighted by molar-refractivity contribution is -0.139. The summed E-state index contributed by atoms with van der Waals surface area (Å²) in [4.78, 5) is 13.3. The van der Waals surface area contributed by atoms with Crippen molar-refractivity contribution in [3.05, 3.63) is 41.7 Å². The summed E-state index contributed by atoms with van der Waals surface area (Å²) >= 11 is 0. The van der Waals surface area contributed by atoms with Gasteiger partial charge < -0.3 is 19.3 Å². The SMILES string of the molecule is COCc1cn([C@@H]2C[C@@H]3CN(Cc4ccccc4OCC(=O)O)C[C@@H]3C[C@H]2OC)nn1. The third-order valence-corrected chi connectivity index (χ3v) is 6.37. The first kappa shape index (κ1) is 21.7. The van der Waals surface area contributed by atoms with E-state index in [0.29, 0.717) is 24.2 Å². The van der Waals surface area contributed by atoms with Crippen LogP contribution >= 0.6 is 0 Å². The third kappa shape index (κ3) is 5.06. The van der Waals surface area contributed by atoms with Crippen LogP contribution in [-0.2, 0) is 27.4 Å². The second kappa shape index (κ2) is 9.76. The molecule has 4 rings (SSSR count). The highest BCUT2D eigenvalue weighted by Crippen LogP contribution is 2.42. The molecule has 9 nitrogen and oxygen atoms in total. The van der Waals surface area contributed by atoms with E-state index in [2.05, 4.69) is 15.2 Å². The Kier molecular flexibility index (Phi) is 6.84. The van der Waals surface area contributed by atoms with Crippen LogP contribution in [0.4, 0.5) is 0 Å². The van der Waals surface area contributed by atoms with Crippen LogP contribution in [0.2, 0.25) is 0 Å². The van der Waals surface area contributed by atoms with E-state index in [1.807, 2.05) is 35.1 Å². The fourth-order valence-corrected chi connectivity index (χ4v) is 4.99. The maximum atomic E-state index is 10.9. The molecule has 1 saturated heterocycles. The molecule has 0 radical (unpaired) electrons. The molecule has 31 heavy (non-hydrogen) atoms. The number of aliphatic carboxylic acids is 1. The second-order valence-corrected chi connectivity index (χ2v) is 8.44. The Morgan fingerprint density at radius 2 is 1.97 bits per heavy atom. The highest BCUT2D eigenvalue weighted by Gasteiger charge is 2.43. The van der Waals surface area contributed by atoms with E-state index in [-0.39, 0.29) is 18.8 Å². The molecule has 1 N–H and O–H groups in total. The molecular weight excluding hydrogens is 400 g/mol. The lowest BCUT2D eigenvalue weighted by Gasteiger charge is -2.37. The number of aromatic nitrogens is 3. The number of hydrogen-bond donors (Lipinski definition) is 1. The smallest absolute Gasteiger partial charge is 0.341 e. The van der Waals surface area contributed by atoms with Gasteiger partial charge in [-0.05, 0) is 30.7 Å². The van der Waals surface area contributed by atoms with Gasteiger partial charge in [-0.3, -0.25) is 4.90 Å².